The molecule has 1 aromatic rings. The monoisotopic (exact) mass is 233 g/mol. The first kappa shape index (κ1) is 13.0. The van der Waals surface area contributed by atoms with Gasteiger partial charge in [-0.25, -0.2) is 4.79 Å². The molecule has 0 bridgehead atoms. The summed E-state index contributed by atoms with van der Waals surface area (Å²) in [7, 11) is 0. The van der Waals surface area contributed by atoms with E-state index in [1.54, 1.807) is 4.90 Å². The second-order valence-electron chi connectivity index (χ2n) is 3.51. The molecule has 0 fully saturated rings. The Morgan fingerprint density at radius 2 is 1.88 bits per heavy atom. The molecule has 0 unspecified atom stereocenters. The summed E-state index contributed by atoms with van der Waals surface area (Å²) >= 11 is 0. The quantitative estimate of drug-likeness (QED) is 0.787. The summed E-state index contributed by atoms with van der Waals surface area (Å²) in [4.78, 5) is 23.6. The topological polar surface area (TPSA) is 57.6 Å². The second kappa shape index (κ2) is 6.48. The van der Waals surface area contributed by atoms with Crippen LogP contribution < -0.4 is 0 Å². The minimum absolute atomic E-state index is 0.293. The van der Waals surface area contributed by atoms with Gasteiger partial charge in [-0.15, -0.1) is 0 Å². The third-order valence-electron chi connectivity index (χ3n) is 2.28. The van der Waals surface area contributed by atoms with Crippen molar-refractivity contribution in [1.82, 2.24) is 4.90 Å². The summed E-state index contributed by atoms with van der Waals surface area (Å²) < 4.78 is 0. The normalized spacial score (nSPS) is 10.4. The van der Waals surface area contributed by atoms with Crippen LogP contribution in [0, 0.1) is 0 Å². The van der Waals surface area contributed by atoms with E-state index in [2.05, 4.69) is 0 Å². The fourth-order valence-electron chi connectivity index (χ4n) is 1.40. The molecule has 0 aliphatic carbocycles. The van der Waals surface area contributed by atoms with Crippen LogP contribution >= 0.6 is 0 Å². The van der Waals surface area contributed by atoms with E-state index in [4.69, 9.17) is 5.11 Å². The number of aliphatic carboxylic acids is 1. The fraction of sp³-hybridized carbons (Fsp3) is 0.231. The van der Waals surface area contributed by atoms with Crippen molar-refractivity contribution in [3.05, 3.63) is 48.0 Å². The standard InChI is InChI=1S/C13H15NO3/c1-2-14(12(15)8-9-13(16)17)10-11-6-4-3-5-7-11/h3-9H,2,10H2,1H3,(H,16,17)/b9-8+. The van der Waals surface area contributed by atoms with E-state index in [9.17, 15) is 9.59 Å². The molecule has 0 saturated carbocycles. The predicted molar refractivity (Wildman–Crippen MR) is 64.3 cm³/mol. The van der Waals surface area contributed by atoms with Crippen molar-refractivity contribution >= 4 is 11.9 Å². The van der Waals surface area contributed by atoms with E-state index in [-0.39, 0.29) is 5.91 Å². The van der Waals surface area contributed by atoms with Crippen LogP contribution in [0.15, 0.2) is 42.5 Å². The summed E-state index contributed by atoms with van der Waals surface area (Å²) in [5.74, 6) is -1.41. The van der Waals surface area contributed by atoms with Gasteiger partial charge in [0.15, 0.2) is 0 Å². The van der Waals surface area contributed by atoms with Crippen LogP contribution in [0.5, 0.6) is 0 Å². The smallest absolute Gasteiger partial charge is 0.328 e. The highest BCUT2D eigenvalue weighted by molar-refractivity contribution is 5.93. The number of benzene rings is 1. The average molecular weight is 233 g/mol. The molecule has 90 valence electrons. The van der Waals surface area contributed by atoms with Gasteiger partial charge in [0.05, 0.1) is 0 Å². The highest BCUT2D eigenvalue weighted by Crippen LogP contribution is 2.04. The van der Waals surface area contributed by atoms with Crippen molar-refractivity contribution < 1.29 is 14.7 Å². The number of rotatable bonds is 5. The van der Waals surface area contributed by atoms with E-state index >= 15 is 0 Å². The van der Waals surface area contributed by atoms with Gasteiger partial charge in [0.1, 0.15) is 0 Å². The molecule has 0 aromatic heterocycles. The lowest BCUT2D eigenvalue weighted by Crippen LogP contribution is -2.28. The van der Waals surface area contributed by atoms with E-state index in [0.29, 0.717) is 13.1 Å². The zero-order chi connectivity index (χ0) is 12.7. The lowest BCUT2D eigenvalue weighted by atomic mass is 10.2. The molecular weight excluding hydrogens is 218 g/mol. The van der Waals surface area contributed by atoms with Crippen LogP contribution in [0.25, 0.3) is 0 Å². The minimum atomic E-state index is -1.12. The van der Waals surface area contributed by atoms with E-state index < -0.39 is 5.97 Å². The number of carbonyl (C=O) groups excluding carboxylic acids is 1. The summed E-state index contributed by atoms with van der Waals surface area (Å²) in [6.45, 7) is 2.88. The van der Waals surface area contributed by atoms with Crippen molar-refractivity contribution in [2.24, 2.45) is 0 Å². The van der Waals surface area contributed by atoms with Crippen LogP contribution in [0.2, 0.25) is 0 Å². The highest BCUT2D eigenvalue weighted by Gasteiger charge is 2.08. The van der Waals surface area contributed by atoms with Gasteiger partial charge < -0.3 is 10.0 Å². The molecule has 1 N–H and O–H groups in total. The van der Waals surface area contributed by atoms with Gasteiger partial charge >= 0.3 is 5.97 Å². The summed E-state index contributed by atoms with van der Waals surface area (Å²) in [6.07, 6.45) is 1.94. The highest BCUT2D eigenvalue weighted by atomic mass is 16.4. The largest absolute Gasteiger partial charge is 0.478 e. The molecule has 1 rings (SSSR count). The van der Waals surface area contributed by atoms with Gasteiger partial charge in [-0.2, -0.15) is 0 Å². The maximum absolute atomic E-state index is 11.7. The lowest BCUT2D eigenvalue weighted by molar-refractivity contribution is -0.132. The fourth-order valence-corrected chi connectivity index (χ4v) is 1.40. The number of hydrogen-bond acceptors (Lipinski definition) is 2. The number of hydrogen-bond donors (Lipinski definition) is 1. The maximum atomic E-state index is 11.7. The van der Waals surface area contributed by atoms with Gasteiger partial charge in [-0.3, -0.25) is 4.79 Å². The molecule has 0 saturated heterocycles. The van der Waals surface area contributed by atoms with E-state index in [0.717, 1.165) is 17.7 Å². The summed E-state index contributed by atoms with van der Waals surface area (Å²) in [5, 5.41) is 8.45. The van der Waals surface area contributed by atoms with E-state index in [1.807, 2.05) is 37.3 Å². The molecule has 0 heterocycles. The van der Waals surface area contributed by atoms with Crippen LogP contribution in [0.4, 0.5) is 0 Å². The summed E-state index contributed by atoms with van der Waals surface area (Å²) in [6, 6.07) is 9.57. The van der Waals surface area contributed by atoms with Crippen LogP contribution in [-0.2, 0) is 16.1 Å². The molecule has 0 atom stereocenters. The number of carboxylic acid groups (broad SMARTS) is 1. The Kier molecular flexibility index (Phi) is 4.94. The van der Waals surface area contributed by atoms with Gasteiger partial charge in [0.25, 0.3) is 0 Å². The first-order valence-corrected chi connectivity index (χ1v) is 5.37. The van der Waals surface area contributed by atoms with Crippen molar-refractivity contribution in [3.8, 4) is 0 Å². The molecule has 1 amide bonds. The number of likely N-dealkylation sites (N-methyl/N-ethyl adjacent to an activating group) is 1. The Balaban J connectivity index is 2.66. The Bertz CT molecular complexity index is 412. The number of carbonyl (C=O) groups is 2. The van der Waals surface area contributed by atoms with Gasteiger partial charge in [0, 0.05) is 25.2 Å². The van der Waals surface area contributed by atoms with Crippen LogP contribution in [-0.4, -0.2) is 28.4 Å². The number of amides is 1. The maximum Gasteiger partial charge on any atom is 0.328 e. The molecule has 17 heavy (non-hydrogen) atoms. The van der Waals surface area contributed by atoms with Crippen molar-refractivity contribution in [2.75, 3.05) is 6.54 Å². The predicted octanol–water partition coefficient (Wildman–Crippen LogP) is 1.68. The van der Waals surface area contributed by atoms with Gasteiger partial charge in [0.2, 0.25) is 5.91 Å². The van der Waals surface area contributed by atoms with Crippen molar-refractivity contribution in [2.45, 2.75) is 13.5 Å². The molecular formula is C13H15NO3. The molecule has 0 aliphatic rings. The molecule has 4 heteroatoms. The molecule has 0 aliphatic heterocycles. The Hall–Kier alpha value is -2.10. The Labute approximate surface area is 100 Å². The molecule has 1 aromatic carbocycles. The lowest BCUT2D eigenvalue weighted by Gasteiger charge is -2.19. The van der Waals surface area contributed by atoms with Crippen molar-refractivity contribution in [3.63, 3.8) is 0 Å². The molecule has 0 radical (unpaired) electrons. The number of nitrogens with zero attached hydrogens (tertiary/aromatic N) is 1. The third-order valence-corrected chi connectivity index (χ3v) is 2.28. The second-order valence-corrected chi connectivity index (χ2v) is 3.51. The Morgan fingerprint density at radius 3 is 2.41 bits per heavy atom. The van der Waals surface area contributed by atoms with Crippen LogP contribution in [0.3, 0.4) is 0 Å². The SMILES string of the molecule is CCN(Cc1ccccc1)C(=O)/C=C/C(=O)O. The molecule has 4 nitrogen and oxygen atoms in total. The first-order valence-electron chi connectivity index (χ1n) is 5.37. The van der Waals surface area contributed by atoms with Gasteiger partial charge in [-0.05, 0) is 12.5 Å². The zero-order valence-electron chi connectivity index (χ0n) is 9.67. The van der Waals surface area contributed by atoms with Crippen LogP contribution in [0.1, 0.15) is 12.5 Å². The zero-order valence-corrected chi connectivity index (χ0v) is 9.67. The third kappa shape index (κ3) is 4.51. The first-order chi connectivity index (χ1) is 8.13. The van der Waals surface area contributed by atoms with Gasteiger partial charge in [-0.1, -0.05) is 30.3 Å². The minimum Gasteiger partial charge on any atom is -0.478 e. The summed E-state index contributed by atoms with van der Waals surface area (Å²) in [5.41, 5.74) is 1.02. The number of carboxylic acids is 1. The molecule has 0 spiro atoms. The Morgan fingerprint density at radius 1 is 1.24 bits per heavy atom. The average Bonchev–Trinajstić information content (AvgIpc) is 2.34. The van der Waals surface area contributed by atoms with Crippen molar-refractivity contribution in [1.29, 1.82) is 0 Å². The van der Waals surface area contributed by atoms with E-state index in [1.165, 1.54) is 0 Å².